The summed E-state index contributed by atoms with van der Waals surface area (Å²) in [7, 11) is -2.92. The van der Waals surface area contributed by atoms with Crippen molar-refractivity contribution in [1.82, 2.24) is 13.9 Å². The number of aryl methyl sites for hydroxylation is 1. The lowest BCUT2D eigenvalue weighted by molar-refractivity contribution is 0.407. The fourth-order valence-electron chi connectivity index (χ4n) is 6.56. The van der Waals surface area contributed by atoms with Gasteiger partial charge in [0.2, 0.25) is 5.16 Å². The fraction of sp³-hybridized carbons (Fsp3) is 0.500. The minimum atomic E-state index is -4.21. The Morgan fingerprint density at radius 3 is 2.33 bits per heavy atom. The molecule has 2 heterocycles. The minimum Gasteiger partial charge on any atom is -0.497 e. The standard InChI is InChI=1S/C36H47N3O5S2/c1-26-24-37-33(27(2)35(26)44-4)25-45(40)36-38-32-22-20-30(43-3)23-34(32)39(36)46(41,42)31-18-12-10-8-6-5-7-9-11-15-28-16-13-14-17-29(28)19-21-31/h18-24H,5-17,25H2,1-4H3. The molecule has 0 radical (unpaired) electrons. The summed E-state index contributed by atoms with van der Waals surface area (Å²) in [6, 6.07) is 5.09. The highest BCUT2D eigenvalue weighted by Gasteiger charge is 2.29. The second-order valence-electron chi connectivity index (χ2n) is 12.3. The molecule has 3 aromatic rings. The van der Waals surface area contributed by atoms with Crippen molar-refractivity contribution in [1.29, 1.82) is 0 Å². The molecule has 0 bridgehead atoms. The van der Waals surface area contributed by atoms with Crippen LogP contribution in [0.1, 0.15) is 100 Å². The van der Waals surface area contributed by atoms with Crippen molar-refractivity contribution in [2.24, 2.45) is 0 Å². The Bertz CT molecular complexity index is 1790. The van der Waals surface area contributed by atoms with E-state index in [9.17, 15) is 12.6 Å². The number of fused-ring (bicyclic) bond motifs is 1. The van der Waals surface area contributed by atoms with Gasteiger partial charge in [-0.1, -0.05) is 49.8 Å². The first-order chi connectivity index (χ1) is 22.2. The molecule has 8 nitrogen and oxygen atoms in total. The highest BCUT2D eigenvalue weighted by Crippen LogP contribution is 2.33. The van der Waals surface area contributed by atoms with Crippen LogP contribution >= 0.6 is 0 Å². The molecule has 5 rings (SSSR count). The van der Waals surface area contributed by atoms with Crippen LogP contribution in [0.5, 0.6) is 11.5 Å². The molecule has 0 saturated carbocycles. The van der Waals surface area contributed by atoms with Gasteiger partial charge in [-0.05, 0) is 89.0 Å². The second-order valence-corrected chi connectivity index (χ2v) is 15.5. The number of nitrogens with zero attached hydrogens (tertiary/aromatic N) is 3. The van der Waals surface area contributed by atoms with Crippen LogP contribution in [0.2, 0.25) is 0 Å². The first kappa shape index (κ1) is 34.1. The molecule has 10 heteroatoms. The van der Waals surface area contributed by atoms with Crippen LogP contribution in [-0.4, -0.2) is 40.8 Å². The zero-order valence-corrected chi connectivity index (χ0v) is 29.3. The molecule has 2 aromatic heterocycles. The summed E-state index contributed by atoms with van der Waals surface area (Å²) in [4.78, 5) is 9.37. The Morgan fingerprint density at radius 1 is 0.891 bits per heavy atom. The predicted molar refractivity (Wildman–Crippen MR) is 185 cm³/mol. The monoisotopic (exact) mass is 665 g/mol. The lowest BCUT2D eigenvalue weighted by atomic mass is 9.88. The third-order valence-electron chi connectivity index (χ3n) is 9.16. The molecular formula is C36H47N3O5S2. The van der Waals surface area contributed by atoms with Crippen molar-refractivity contribution in [2.45, 2.75) is 108 Å². The van der Waals surface area contributed by atoms with Crippen molar-refractivity contribution in [2.75, 3.05) is 14.2 Å². The summed E-state index contributed by atoms with van der Waals surface area (Å²) in [5, 5.41) is -0.0354. The van der Waals surface area contributed by atoms with Gasteiger partial charge in [0.1, 0.15) is 11.5 Å². The molecule has 46 heavy (non-hydrogen) atoms. The first-order valence-corrected chi connectivity index (χ1v) is 19.3. The molecule has 248 valence electrons. The number of benzene rings is 1. The molecule has 0 aliphatic heterocycles. The van der Waals surface area contributed by atoms with E-state index >= 15 is 0 Å². The maximum atomic E-state index is 14.8. The third kappa shape index (κ3) is 7.65. The van der Waals surface area contributed by atoms with Crippen molar-refractivity contribution in [3.8, 4) is 11.5 Å². The van der Waals surface area contributed by atoms with Gasteiger partial charge in [-0.25, -0.2) is 17.4 Å². The lowest BCUT2D eigenvalue weighted by Gasteiger charge is -2.19. The fourth-order valence-corrected chi connectivity index (χ4v) is 9.68. The number of allylic oxidation sites excluding steroid dienone is 5. The maximum Gasteiger partial charge on any atom is 0.270 e. The Balaban J connectivity index is 1.62. The Kier molecular flexibility index (Phi) is 11.5. The molecule has 0 saturated heterocycles. The highest BCUT2D eigenvalue weighted by atomic mass is 32.2. The molecule has 2 aliphatic carbocycles. The average molecular weight is 666 g/mol. The van der Waals surface area contributed by atoms with Gasteiger partial charge in [-0.3, -0.25) is 9.19 Å². The average Bonchev–Trinajstić information content (AvgIpc) is 3.44. The molecule has 1 atom stereocenters. The molecule has 1 aromatic carbocycles. The van der Waals surface area contributed by atoms with E-state index in [-0.39, 0.29) is 15.8 Å². The van der Waals surface area contributed by atoms with Gasteiger partial charge in [-0.15, -0.1) is 0 Å². The van der Waals surface area contributed by atoms with E-state index in [1.807, 2.05) is 26.0 Å². The molecule has 0 amide bonds. The number of hydrogen-bond acceptors (Lipinski definition) is 7. The van der Waals surface area contributed by atoms with Crippen LogP contribution in [0.25, 0.3) is 11.0 Å². The van der Waals surface area contributed by atoms with Gasteiger partial charge in [0.05, 0.1) is 52.4 Å². The van der Waals surface area contributed by atoms with Crippen LogP contribution in [0, 0.1) is 13.8 Å². The number of hydrogen-bond donors (Lipinski definition) is 0. The van der Waals surface area contributed by atoms with Gasteiger partial charge in [0.15, 0.2) is 0 Å². The van der Waals surface area contributed by atoms with Crippen LogP contribution in [0.3, 0.4) is 0 Å². The molecule has 0 spiro atoms. The SMILES string of the molecule is COc1ccc2nc(S(=O)Cc3ncc(C)c(OC)c3C)n(S(=O)(=O)C3=CCCCCCCCCCC4=C(C=C3)CCCC4)c2c1. The molecule has 0 fully saturated rings. The Morgan fingerprint density at radius 2 is 1.59 bits per heavy atom. The predicted octanol–water partition coefficient (Wildman–Crippen LogP) is 8.39. The van der Waals surface area contributed by atoms with Crippen molar-refractivity contribution >= 4 is 31.9 Å². The maximum absolute atomic E-state index is 14.8. The topological polar surface area (TPSA) is 100 Å². The summed E-state index contributed by atoms with van der Waals surface area (Å²) < 4.78 is 55.9. The summed E-state index contributed by atoms with van der Waals surface area (Å²) >= 11 is 0. The van der Waals surface area contributed by atoms with E-state index in [0.717, 1.165) is 56.1 Å². The van der Waals surface area contributed by atoms with E-state index < -0.39 is 20.8 Å². The largest absolute Gasteiger partial charge is 0.497 e. The Hall–Kier alpha value is -3.24. The number of pyridine rings is 1. The van der Waals surface area contributed by atoms with E-state index in [2.05, 4.69) is 9.97 Å². The van der Waals surface area contributed by atoms with Crippen molar-refractivity contribution in [3.63, 3.8) is 0 Å². The van der Waals surface area contributed by atoms with Crippen LogP contribution in [-0.2, 0) is 26.6 Å². The van der Waals surface area contributed by atoms with Gasteiger partial charge in [0.25, 0.3) is 10.0 Å². The summed E-state index contributed by atoms with van der Waals surface area (Å²) in [6.45, 7) is 3.77. The number of ether oxygens (including phenoxy) is 2. The van der Waals surface area contributed by atoms with E-state index in [1.165, 1.54) is 54.3 Å². The summed E-state index contributed by atoms with van der Waals surface area (Å²) in [5.41, 5.74) is 5.69. The molecule has 0 N–H and O–H groups in total. The van der Waals surface area contributed by atoms with E-state index in [4.69, 9.17) is 9.47 Å². The van der Waals surface area contributed by atoms with Gasteiger partial charge in [0, 0.05) is 23.4 Å². The van der Waals surface area contributed by atoms with Gasteiger partial charge >= 0.3 is 0 Å². The molecule has 2 aliphatic rings. The van der Waals surface area contributed by atoms with E-state index in [1.54, 1.807) is 37.6 Å². The normalized spacial score (nSPS) is 18.0. The number of methoxy groups -OCH3 is 2. The number of rotatable bonds is 7. The first-order valence-electron chi connectivity index (χ1n) is 16.5. The Labute approximate surface area is 276 Å². The minimum absolute atomic E-state index is 0.0103. The van der Waals surface area contributed by atoms with Crippen LogP contribution in [0.4, 0.5) is 0 Å². The van der Waals surface area contributed by atoms with Crippen molar-refractivity contribution < 1.29 is 22.1 Å². The zero-order chi connectivity index (χ0) is 32.7. The van der Waals surface area contributed by atoms with Crippen LogP contribution in [0.15, 0.2) is 63.8 Å². The second kappa shape index (κ2) is 15.6. The number of aromatic nitrogens is 3. The lowest BCUT2D eigenvalue weighted by Crippen LogP contribution is -2.19. The molecule has 1 unspecified atom stereocenters. The smallest absolute Gasteiger partial charge is 0.270 e. The number of imidazole rings is 1. The summed E-state index contributed by atoms with van der Waals surface area (Å²) in [5.74, 6) is 1.16. The van der Waals surface area contributed by atoms with Crippen molar-refractivity contribution in [3.05, 3.63) is 75.5 Å². The quantitative estimate of drug-likeness (QED) is 0.250. The highest BCUT2D eigenvalue weighted by molar-refractivity contribution is 7.94. The van der Waals surface area contributed by atoms with Gasteiger partial charge in [-0.2, -0.15) is 0 Å². The zero-order valence-electron chi connectivity index (χ0n) is 27.6. The molecular weight excluding hydrogens is 619 g/mol. The summed E-state index contributed by atoms with van der Waals surface area (Å²) in [6.07, 6.45) is 21.4. The van der Waals surface area contributed by atoms with E-state index in [0.29, 0.717) is 34.6 Å². The van der Waals surface area contributed by atoms with Crippen LogP contribution < -0.4 is 9.47 Å². The third-order valence-corrected chi connectivity index (χ3v) is 12.2. The van der Waals surface area contributed by atoms with Gasteiger partial charge < -0.3 is 9.47 Å².